The number of hydrogen-bond acceptors (Lipinski definition) is 3. The van der Waals surface area contributed by atoms with Crippen molar-refractivity contribution in [2.24, 2.45) is 5.92 Å². The van der Waals surface area contributed by atoms with Crippen molar-refractivity contribution < 1.29 is 12.8 Å². The highest BCUT2D eigenvalue weighted by Gasteiger charge is 2.25. The summed E-state index contributed by atoms with van der Waals surface area (Å²) in [5.74, 6) is 0.147. The van der Waals surface area contributed by atoms with Gasteiger partial charge in [0.05, 0.1) is 4.90 Å². The molecule has 2 unspecified atom stereocenters. The molecule has 0 aliphatic heterocycles. The van der Waals surface area contributed by atoms with E-state index in [-0.39, 0.29) is 10.9 Å². The lowest BCUT2D eigenvalue weighted by Crippen LogP contribution is -2.38. The van der Waals surface area contributed by atoms with Crippen molar-refractivity contribution in [2.45, 2.75) is 50.1 Å². The van der Waals surface area contributed by atoms with E-state index in [2.05, 4.69) is 17.0 Å². The Labute approximate surface area is 126 Å². The molecule has 0 heterocycles. The van der Waals surface area contributed by atoms with Crippen molar-refractivity contribution in [1.29, 1.82) is 0 Å². The highest BCUT2D eigenvalue weighted by atomic mass is 32.2. The Balaban J connectivity index is 2.17. The van der Waals surface area contributed by atoms with Crippen LogP contribution >= 0.6 is 0 Å². The summed E-state index contributed by atoms with van der Waals surface area (Å²) in [5.41, 5.74) is 0.359. The van der Waals surface area contributed by atoms with E-state index < -0.39 is 15.8 Å². The molecule has 1 aliphatic carbocycles. The van der Waals surface area contributed by atoms with Crippen LogP contribution in [-0.4, -0.2) is 21.5 Å². The zero-order chi connectivity index (χ0) is 15.5. The highest BCUT2D eigenvalue weighted by Crippen LogP contribution is 2.25. The lowest BCUT2D eigenvalue weighted by Gasteiger charge is -2.27. The van der Waals surface area contributed by atoms with E-state index in [4.69, 9.17) is 0 Å². The summed E-state index contributed by atoms with van der Waals surface area (Å²) in [6, 6.07) is 3.92. The van der Waals surface area contributed by atoms with Crippen molar-refractivity contribution in [3.63, 3.8) is 0 Å². The number of rotatable bonds is 5. The maximum absolute atomic E-state index is 13.6. The van der Waals surface area contributed by atoms with E-state index in [9.17, 15) is 12.8 Å². The summed E-state index contributed by atoms with van der Waals surface area (Å²) in [7, 11) is -1.89. The SMILES string of the molecule is CNCc1cc(S(=O)(=O)NC2CCCC(C)C2)ccc1F. The molecule has 0 spiro atoms. The molecule has 2 rings (SSSR count). The molecule has 1 aromatic carbocycles. The Bertz CT molecular complexity index is 589. The summed E-state index contributed by atoms with van der Waals surface area (Å²) in [4.78, 5) is 0.132. The summed E-state index contributed by atoms with van der Waals surface area (Å²) in [6.07, 6.45) is 3.93. The predicted octanol–water partition coefficient (Wildman–Crippen LogP) is 2.40. The molecule has 1 aromatic rings. The molecule has 1 aliphatic rings. The van der Waals surface area contributed by atoms with E-state index in [1.807, 2.05) is 0 Å². The monoisotopic (exact) mass is 314 g/mol. The molecule has 0 amide bonds. The first-order chi connectivity index (χ1) is 9.92. The lowest BCUT2D eigenvalue weighted by atomic mass is 9.88. The molecule has 0 bridgehead atoms. The summed E-state index contributed by atoms with van der Waals surface area (Å²) < 4.78 is 41.2. The van der Waals surface area contributed by atoms with Gasteiger partial charge in [-0.2, -0.15) is 0 Å². The van der Waals surface area contributed by atoms with Crippen LogP contribution < -0.4 is 10.0 Å². The van der Waals surface area contributed by atoms with Crippen molar-refractivity contribution in [3.05, 3.63) is 29.6 Å². The van der Waals surface area contributed by atoms with E-state index >= 15 is 0 Å². The van der Waals surface area contributed by atoms with E-state index in [1.54, 1.807) is 7.05 Å². The largest absolute Gasteiger partial charge is 0.316 e. The van der Waals surface area contributed by atoms with E-state index in [0.29, 0.717) is 18.0 Å². The lowest BCUT2D eigenvalue weighted by molar-refractivity contribution is 0.327. The predicted molar refractivity (Wildman–Crippen MR) is 80.9 cm³/mol. The molecular weight excluding hydrogens is 291 g/mol. The minimum atomic E-state index is -3.59. The van der Waals surface area contributed by atoms with E-state index in [1.165, 1.54) is 18.2 Å². The molecule has 0 aromatic heterocycles. The van der Waals surface area contributed by atoms with Crippen molar-refractivity contribution in [1.82, 2.24) is 10.0 Å². The molecule has 21 heavy (non-hydrogen) atoms. The Morgan fingerprint density at radius 1 is 1.33 bits per heavy atom. The van der Waals surface area contributed by atoms with Crippen LogP contribution in [0.5, 0.6) is 0 Å². The second kappa shape index (κ2) is 6.85. The van der Waals surface area contributed by atoms with Gasteiger partial charge in [0.15, 0.2) is 0 Å². The van der Waals surface area contributed by atoms with Crippen molar-refractivity contribution in [2.75, 3.05) is 7.05 Å². The summed E-state index contributed by atoms with van der Waals surface area (Å²) >= 11 is 0. The van der Waals surface area contributed by atoms with Gasteiger partial charge >= 0.3 is 0 Å². The van der Waals surface area contributed by atoms with Gasteiger partial charge in [0, 0.05) is 18.2 Å². The zero-order valence-corrected chi connectivity index (χ0v) is 13.3. The van der Waals surface area contributed by atoms with Gasteiger partial charge in [0.1, 0.15) is 5.82 Å². The third-order valence-electron chi connectivity index (χ3n) is 3.95. The molecule has 2 atom stereocenters. The third kappa shape index (κ3) is 4.25. The molecule has 0 saturated heterocycles. The average Bonchev–Trinajstić information content (AvgIpc) is 2.41. The first-order valence-electron chi connectivity index (χ1n) is 7.37. The average molecular weight is 314 g/mol. The first-order valence-corrected chi connectivity index (χ1v) is 8.86. The van der Waals surface area contributed by atoms with Crippen LogP contribution in [0, 0.1) is 11.7 Å². The maximum Gasteiger partial charge on any atom is 0.240 e. The van der Waals surface area contributed by atoms with Gasteiger partial charge in [-0.25, -0.2) is 17.5 Å². The number of hydrogen-bond donors (Lipinski definition) is 2. The second-order valence-corrected chi connectivity index (χ2v) is 7.59. The summed E-state index contributed by atoms with van der Waals surface area (Å²) in [6.45, 7) is 2.44. The van der Waals surface area contributed by atoms with Crippen LogP contribution in [0.2, 0.25) is 0 Å². The molecular formula is C15H23FN2O2S. The normalized spacial score (nSPS) is 23.2. The number of halogens is 1. The fourth-order valence-corrected chi connectivity index (χ4v) is 4.21. The topological polar surface area (TPSA) is 58.2 Å². The molecule has 6 heteroatoms. The highest BCUT2D eigenvalue weighted by molar-refractivity contribution is 7.89. The second-order valence-electron chi connectivity index (χ2n) is 5.87. The van der Waals surface area contributed by atoms with Crippen LogP contribution in [0.15, 0.2) is 23.1 Å². The first kappa shape index (κ1) is 16.4. The standard InChI is InChI=1S/C15H23FN2O2S/c1-11-4-3-5-13(8-11)18-21(19,20)14-6-7-15(16)12(9-14)10-17-2/h6-7,9,11,13,17-18H,3-5,8,10H2,1-2H3. The Morgan fingerprint density at radius 2 is 2.10 bits per heavy atom. The molecule has 2 N–H and O–H groups in total. The Kier molecular flexibility index (Phi) is 5.35. The van der Waals surface area contributed by atoms with Gasteiger partial charge in [0.25, 0.3) is 0 Å². The third-order valence-corrected chi connectivity index (χ3v) is 5.47. The molecule has 1 fully saturated rings. The fraction of sp³-hybridized carbons (Fsp3) is 0.600. The maximum atomic E-state index is 13.6. The van der Waals surface area contributed by atoms with Crippen LogP contribution in [0.4, 0.5) is 4.39 Å². The fourth-order valence-electron chi connectivity index (χ4n) is 2.87. The van der Waals surface area contributed by atoms with Gasteiger partial charge in [-0.1, -0.05) is 19.8 Å². The van der Waals surface area contributed by atoms with E-state index in [0.717, 1.165) is 25.7 Å². The van der Waals surface area contributed by atoms with Crippen molar-refractivity contribution in [3.8, 4) is 0 Å². The Hall–Kier alpha value is -0.980. The van der Waals surface area contributed by atoms with Gasteiger partial charge in [-0.3, -0.25) is 0 Å². The summed E-state index contributed by atoms with van der Waals surface area (Å²) in [5, 5.41) is 2.84. The number of benzene rings is 1. The van der Waals surface area contributed by atoms with Gasteiger partial charge < -0.3 is 5.32 Å². The van der Waals surface area contributed by atoms with Gasteiger partial charge in [-0.15, -0.1) is 0 Å². The molecule has 4 nitrogen and oxygen atoms in total. The van der Waals surface area contributed by atoms with Crippen LogP contribution in [-0.2, 0) is 16.6 Å². The minimum Gasteiger partial charge on any atom is -0.316 e. The molecule has 0 radical (unpaired) electrons. The quantitative estimate of drug-likeness (QED) is 0.877. The van der Waals surface area contributed by atoms with Crippen LogP contribution in [0.25, 0.3) is 0 Å². The Morgan fingerprint density at radius 3 is 2.76 bits per heavy atom. The van der Waals surface area contributed by atoms with Gasteiger partial charge in [-0.05, 0) is 44.0 Å². The van der Waals surface area contributed by atoms with Crippen molar-refractivity contribution >= 4 is 10.0 Å². The number of sulfonamides is 1. The van der Waals surface area contributed by atoms with Crippen LogP contribution in [0.1, 0.15) is 38.2 Å². The van der Waals surface area contributed by atoms with Gasteiger partial charge in [0.2, 0.25) is 10.0 Å². The minimum absolute atomic E-state index is 0.0171. The molecule has 118 valence electrons. The zero-order valence-electron chi connectivity index (χ0n) is 12.5. The smallest absolute Gasteiger partial charge is 0.240 e. The molecule has 1 saturated carbocycles. The number of nitrogens with one attached hydrogen (secondary N) is 2. The van der Waals surface area contributed by atoms with Crippen LogP contribution in [0.3, 0.4) is 0 Å².